The quantitative estimate of drug-likeness (QED) is 0.544. The summed E-state index contributed by atoms with van der Waals surface area (Å²) in [6.45, 7) is 3.40. The Balaban J connectivity index is 1.41. The number of thiophene rings is 1. The molecule has 30 heavy (non-hydrogen) atoms. The number of aryl methyl sites for hydroxylation is 1. The molecular weight excluding hydrogens is 416 g/mol. The van der Waals surface area contributed by atoms with Crippen molar-refractivity contribution in [1.29, 1.82) is 0 Å². The summed E-state index contributed by atoms with van der Waals surface area (Å²) in [6.07, 6.45) is 1.94. The number of halogens is 1. The first-order chi connectivity index (χ1) is 14.5. The van der Waals surface area contributed by atoms with Gasteiger partial charge in [-0.1, -0.05) is 54.1 Å². The van der Waals surface area contributed by atoms with Crippen LogP contribution in [-0.4, -0.2) is 29.8 Å². The first-order valence-electron chi connectivity index (χ1n) is 10.0. The lowest BCUT2D eigenvalue weighted by molar-refractivity contribution is 0.0717. The lowest BCUT2D eigenvalue weighted by atomic mass is 9.89. The number of likely N-dealkylation sites (tertiary alicyclic amines) is 1. The van der Waals surface area contributed by atoms with E-state index in [0.717, 1.165) is 31.5 Å². The van der Waals surface area contributed by atoms with Gasteiger partial charge >= 0.3 is 0 Å². The Morgan fingerprint density at radius 3 is 2.40 bits per heavy atom. The van der Waals surface area contributed by atoms with Crippen molar-refractivity contribution in [2.45, 2.75) is 25.7 Å². The van der Waals surface area contributed by atoms with Crippen molar-refractivity contribution in [2.24, 2.45) is 0 Å². The van der Waals surface area contributed by atoms with Crippen LogP contribution in [0, 0.1) is 6.92 Å². The van der Waals surface area contributed by atoms with Crippen molar-refractivity contribution in [3.05, 3.63) is 87.3 Å². The highest BCUT2D eigenvalue weighted by Gasteiger charge is 2.26. The lowest BCUT2D eigenvalue weighted by Gasteiger charge is -2.32. The van der Waals surface area contributed by atoms with E-state index in [1.54, 1.807) is 24.3 Å². The van der Waals surface area contributed by atoms with Gasteiger partial charge in [0.25, 0.3) is 11.8 Å². The number of carbonyl (C=O) groups is 2. The molecule has 154 valence electrons. The number of anilines is 1. The van der Waals surface area contributed by atoms with Crippen LogP contribution >= 0.6 is 22.9 Å². The van der Waals surface area contributed by atoms with Crippen molar-refractivity contribution < 1.29 is 9.59 Å². The van der Waals surface area contributed by atoms with Gasteiger partial charge < -0.3 is 10.2 Å². The number of benzene rings is 2. The Morgan fingerprint density at radius 2 is 1.70 bits per heavy atom. The van der Waals surface area contributed by atoms with Crippen LogP contribution in [0.2, 0.25) is 5.02 Å². The summed E-state index contributed by atoms with van der Waals surface area (Å²) >= 11 is 7.43. The Hall–Kier alpha value is -2.63. The van der Waals surface area contributed by atoms with Gasteiger partial charge in [0.1, 0.15) is 0 Å². The van der Waals surface area contributed by atoms with Gasteiger partial charge in [-0.05, 0) is 55.0 Å². The zero-order valence-corrected chi connectivity index (χ0v) is 18.3. The standard InChI is InChI=1S/C24H23ClN2O2S/c1-16-15-21(26-23(28)19-9-5-6-10-20(19)25)30-22(16)24(29)27-13-11-18(12-14-27)17-7-3-2-4-8-17/h2-10,15,18H,11-14H2,1H3,(H,26,28). The third-order valence-electron chi connectivity index (χ3n) is 5.52. The van der Waals surface area contributed by atoms with Gasteiger partial charge in [0.2, 0.25) is 0 Å². The van der Waals surface area contributed by atoms with Gasteiger partial charge in [0.15, 0.2) is 0 Å². The molecule has 2 amide bonds. The molecule has 0 spiro atoms. The van der Waals surface area contributed by atoms with Crippen LogP contribution in [0.5, 0.6) is 0 Å². The van der Waals surface area contributed by atoms with E-state index in [4.69, 9.17) is 11.6 Å². The number of nitrogens with one attached hydrogen (secondary N) is 1. The molecule has 3 aromatic rings. The van der Waals surface area contributed by atoms with Crippen LogP contribution < -0.4 is 5.32 Å². The molecule has 0 bridgehead atoms. The average molecular weight is 439 g/mol. The van der Waals surface area contributed by atoms with Gasteiger partial charge in [-0.3, -0.25) is 9.59 Å². The van der Waals surface area contributed by atoms with E-state index in [1.807, 2.05) is 24.0 Å². The van der Waals surface area contributed by atoms with Gasteiger partial charge in [-0.15, -0.1) is 11.3 Å². The number of amides is 2. The summed E-state index contributed by atoms with van der Waals surface area (Å²) in [5.41, 5.74) is 2.65. The molecule has 1 aliphatic heterocycles. The van der Waals surface area contributed by atoms with Gasteiger partial charge in [0, 0.05) is 13.1 Å². The van der Waals surface area contributed by atoms with Gasteiger partial charge in [-0.25, -0.2) is 0 Å². The number of nitrogens with zero attached hydrogens (tertiary/aromatic N) is 1. The third-order valence-corrected chi connectivity index (χ3v) is 6.99. The molecule has 6 heteroatoms. The van der Waals surface area contributed by atoms with Crippen LogP contribution in [0.15, 0.2) is 60.7 Å². The minimum absolute atomic E-state index is 0.0438. The predicted octanol–water partition coefficient (Wildman–Crippen LogP) is 5.98. The molecule has 0 saturated carbocycles. The molecule has 0 aliphatic carbocycles. The maximum Gasteiger partial charge on any atom is 0.264 e. The summed E-state index contributed by atoms with van der Waals surface area (Å²) < 4.78 is 0. The zero-order chi connectivity index (χ0) is 21.1. The molecule has 0 atom stereocenters. The molecule has 1 N–H and O–H groups in total. The van der Waals surface area contributed by atoms with Crippen LogP contribution in [0.4, 0.5) is 5.00 Å². The van der Waals surface area contributed by atoms with Gasteiger partial charge in [-0.2, -0.15) is 0 Å². The van der Waals surface area contributed by atoms with E-state index >= 15 is 0 Å². The Morgan fingerprint density at radius 1 is 1.03 bits per heavy atom. The normalized spacial score (nSPS) is 14.5. The maximum absolute atomic E-state index is 13.1. The Kier molecular flexibility index (Phi) is 6.21. The zero-order valence-electron chi connectivity index (χ0n) is 16.7. The summed E-state index contributed by atoms with van der Waals surface area (Å²) in [4.78, 5) is 28.2. The second-order valence-electron chi connectivity index (χ2n) is 7.53. The highest BCUT2D eigenvalue weighted by Crippen LogP contribution is 2.32. The number of carbonyl (C=O) groups excluding carboxylic acids is 2. The van der Waals surface area contributed by atoms with E-state index in [9.17, 15) is 9.59 Å². The molecule has 1 fully saturated rings. The highest BCUT2D eigenvalue weighted by molar-refractivity contribution is 7.18. The monoisotopic (exact) mass is 438 g/mol. The van der Waals surface area contributed by atoms with Crippen molar-refractivity contribution in [1.82, 2.24) is 4.90 Å². The smallest absolute Gasteiger partial charge is 0.264 e. The molecule has 2 heterocycles. The van der Waals surface area contributed by atoms with Crippen LogP contribution in [0.25, 0.3) is 0 Å². The Labute approximate surface area is 185 Å². The molecule has 0 radical (unpaired) electrons. The number of hydrogen-bond donors (Lipinski definition) is 1. The Bertz CT molecular complexity index is 1060. The second-order valence-corrected chi connectivity index (χ2v) is 8.99. The van der Waals surface area contributed by atoms with E-state index in [0.29, 0.717) is 26.4 Å². The second kappa shape index (κ2) is 9.02. The largest absolute Gasteiger partial charge is 0.338 e. The minimum atomic E-state index is -0.274. The van der Waals surface area contributed by atoms with Crippen LogP contribution in [0.3, 0.4) is 0 Å². The third kappa shape index (κ3) is 4.42. The van der Waals surface area contributed by atoms with Crippen molar-refractivity contribution >= 4 is 39.8 Å². The molecule has 0 unspecified atom stereocenters. The number of hydrogen-bond acceptors (Lipinski definition) is 3. The molecular formula is C24H23ClN2O2S. The first kappa shape index (κ1) is 20.6. The van der Waals surface area contributed by atoms with Crippen molar-refractivity contribution in [3.8, 4) is 0 Å². The van der Waals surface area contributed by atoms with Crippen LogP contribution in [-0.2, 0) is 0 Å². The summed E-state index contributed by atoms with van der Waals surface area (Å²) in [5.74, 6) is 0.275. The fourth-order valence-electron chi connectivity index (χ4n) is 3.87. The molecule has 4 nitrogen and oxygen atoms in total. The summed E-state index contributed by atoms with van der Waals surface area (Å²) in [5, 5.41) is 3.93. The summed E-state index contributed by atoms with van der Waals surface area (Å²) in [7, 11) is 0. The van der Waals surface area contributed by atoms with E-state index in [1.165, 1.54) is 16.9 Å². The average Bonchev–Trinajstić information content (AvgIpc) is 3.14. The SMILES string of the molecule is Cc1cc(NC(=O)c2ccccc2Cl)sc1C(=O)N1CCC(c2ccccc2)CC1. The lowest BCUT2D eigenvalue weighted by Crippen LogP contribution is -2.37. The molecule has 1 saturated heterocycles. The topological polar surface area (TPSA) is 49.4 Å². The fourth-order valence-corrected chi connectivity index (χ4v) is 5.12. The first-order valence-corrected chi connectivity index (χ1v) is 11.2. The van der Waals surface area contributed by atoms with Crippen LogP contribution in [0.1, 0.15) is 49.9 Å². The number of rotatable bonds is 4. The van der Waals surface area contributed by atoms with E-state index in [-0.39, 0.29) is 11.8 Å². The predicted molar refractivity (Wildman–Crippen MR) is 123 cm³/mol. The highest BCUT2D eigenvalue weighted by atomic mass is 35.5. The van der Waals surface area contributed by atoms with Crippen molar-refractivity contribution in [3.63, 3.8) is 0 Å². The summed E-state index contributed by atoms with van der Waals surface area (Å²) in [6, 6.07) is 19.3. The van der Waals surface area contributed by atoms with E-state index in [2.05, 4.69) is 29.6 Å². The molecule has 1 aliphatic rings. The molecule has 1 aromatic heterocycles. The van der Waals surface area contributed by atoms with E-state index < -0.39 is 0 Å². The van der Waals surface area contributed by atoms with Gasteiger partial charge in [0.05, 0.1) is 20.5 Å². The molecule has 2 aromatic carbocycles. The minimum Gasteiger partial charge on any atom is -0.338 e. The van der Waals surface area contributed by atoms with Crippen molar-refractivity contribution in [2.75, 3.05) is 18.4 Å². The fraction of sp³-hybridized carbons (Fsp3) is 0.250. The molecule has 4 rings (SSSR count). The maximum atomic E-state index is 13.1. The number of piperidine rings is 1.